The van der Waals surface area contributed by atoms with Crippen LogP contribution in [0.3, 0.4) is 0 Å². The van der Waals surface area contributed by atoms with Crippen LogP contribution in [-0.4, -0.2) is 25.1 Å². The Bertz CT molecular complexity index is 1230. The van der Waals surface area contributed by atoms with Crippen molar-refractivity contribution < 1.29 is 14.3 Å². The minimum Gasteiger partial charge on any atom is -0.493 e. The number of hydrogen-bond acceptors (Lipinski definition) is 5. The Kier molecular flexibility index (Phi) is 8.11. The van der Waals surface area contributed by atoms with Gasteiger partial charge >= 0.3 is 0 Å². The Hall–Kier alpha value is -3.77. The second kappa shape index (κ2) is 11.2. The van der Waals surface area contributed by atoms with Crippen LogP contribution < -0.4 is 20.1 Å². The van der Waals surface area contributed by atoms with Gasteiger partial charge in [-0.15, -0.1) is 0 Å². The number of nitrogens with zero attached hydrogens (tertiary/aromatic N) is 1. The normalized spacial score (nSPS) is 11.8. The van der Waals surface area contributed by atoms with Crippen molar-refractivity contribution in [2.24, 2.45) is 0 Å². The number of carbonyl (C=O) groups excluding carboxylic acids is 1. The van der Waals surface area contributed by atoms with Gasteiger partial charge in [0.25, 0.3) is 5.91 Å². The Balaban J connectivity index is 1.69. The van der Waals surface area contributed by atoms with E-state index in [1.54, 1.807) is 38.6 Å². The predicted molar refractivity (Wildman–Crippen MR) is 134 cm³/mol. The maximum Gasteiger partial charge on any atom is 0.251 e. The minimum atomic E-state index is -0.237. The molecule has 0 aliphatic rings. The molecule has 170 valence electrons. The van der Waals surface area contributed by atoms with Crippen LogP contribution in [0.4, 0.5) is 5.82 Å². The van der Waals surface area contributed by atoms with Crippen LogP contribution in [0.15, 0.2) is 84.7 Å². The molecule has 33 heavy (non-hydrogen) atoms. The van der Waals surface area contributed by atoms with Gasteiger partial charge in [-0.3, -0.25) is 4.79 Å². The Morgan fingerprint density at radius 3 is 2.61 bits per heavy atom. The number of aromatic nitrogens is 1. The molecule has 2 aromatic carbocycles. The average Bonchev–Trinajstić information content (AvgIpc) is 2.83. The molecule has 1 heterocycles. The molecule has 1 amide bonds. The lowest BCUT2D eigenvalue weighted by atomic mass is 10.1. The molecule has 1 aromatic heterocycles. The molecule has 2 N–H and O–H groups in total. The number of methoxy groups -OCH3 is 2. The Labute approximate surface area is 198 Å². The summed E-state index contributed by atoms with van der Waals surface area (Å²) in [5.41, 5.74) is 2.13. The van der Waals surface area contributed by atoms with Gasteiger partial charge in [0, 0.05) is 34.4 Å². The Morgan fingerprint density at radius 1 is 1.09 bits per heavy atom. The van der Waals surface area contributed by atoms with Crippen molar-refractivity contribution in [1.29, 1.82) is 0 Å². The summed E-state index contributed by atoms with van der Waals surface area (Å²) in [5.74, 6) is 1.70. The average molecular weight is 464 g/mol. The number of pyridine rings is 1. The SMILES string of the molecule is C=C/C(=C\C=C(/C)Nc1nccc2ccc(Cl)cc12)C(=O)NCc1ccc(OC)c(OC)c1. The number of ether oxygens (including phenoxy) is 2. The van der Waals surface area contributed by atoms with Gasteiger partial charge in [0.15, 0.2) is 11.5 Å². The highest BCUT2D eigenvalue weighted by atomic mass is 35.5. The smallest absolute Gasteiger partial charge is 0.251 e. The number of fused-ring (bicyclic) bond motifs is 1. The number of halogens is 1. The van der Waals surface area contributed by atoms with E-state index in [2.05, 4.69) is 22.2 Å². The molecule has 0 saturated carbocycles. The number of amides is 1. The van der Waals surface area contributed by atoms with Gasteiger partial charge in [-0.05, 0) is 60.4 Å². The van der Waals surface area contributed by atoms with E-state index in [-0.39, 0.29) is 5.91 Å². The monoisotopic (exact) mass is 463 g/mol. The summed E-state index contributed by atoms with van der Waals surface area (Å²) >= 11 is 6.14. The van der Waals surface area contributed by atoms with Crippen molar-refractivity contribution in [2.75, 3.05) is 19.5 Å². The van der Waals surface area contributed by atoms with Gasteiger partial charge in [0.05, 0.1) is 14.2 Å². The molecule has 0 radical (unpaired) electrons. The van der Waals surface area contributed by atoms with E-state index in [1.165, 1.54) is 6.08 Å². The molecule has 0 aliphatic heterocycles. The lowest BCUT2D eigenvalue weighted by Gasteiger charge is -2.11. The van der Waals surface area contributed by atoms with Gasteiger partial charge in [0.2, 0.25) is 0 Å². The predicted octanol–water partition coefficient (Wildman–Crippen LogP) is 5.65. The van der Waals surface area contributed by atoms with E-state index in [4.69, 9.17) is 21.1 Å². The maximum atomic E-state index is 12.6. The van der Waals surface area contributed by atoms with Crippen molar-refractivity contribution >= 4 is 34.1 Å². The van der Waals surface area contributed by atoms with Gasteiger partial charge in [-0.1, -0.05) is 36.4 Å². The number of allylic oxidation sites excluding steroid dienone is 3. The molecule has 0 saturated heterocycles. The minimum absolute atomic E-state index is 0.237. The first-order valence-corrected chi connectivity index (χ1v) is 10.6. The summed E-state index contributed by atoms with van der Waals surface area (Å²) < 4.78 is 10.5. The number of nitrogens with one attached hydrogen (secondary N) is 2. The first-order valence-electron chi connectivity index (χ1n) is 10.3. The summed E-state index contributed by atoms with van der Waals surface area (Å²) in [5, 5.41) is 8.74. The van der Waals surface area contributed by atoms with Crippen LogP contribution in [0.25, 0.3) is 10.8 Å². The number of hydrogen-bond donors (Lipinski definition) is 2. The van der Waals surface area contributed by atoms with Gasteiger partial charge < -0.3 is 20.1 Å². The first-order chi connectivity index (χ1) is 15.9. The van der Waals surface area contributed by atoms with Crippen LogP contribution in [0.5, 0.6) is 11.5 Å². The molecular formula is C26H26ClN3O3. The van der Waals surface area contributed by atoms with E-state index >= 15 is 0 Å². The molecule has 3 rings (SSSR count). The van der Waals surface area contributed by atoms with E-state index in [0.717, 1.165) is 22.0 Å². The topological polar surface area (TPSA) is 72.5 Å². The van der Waals surface area contributed by atoms with E-state index in [1.807, 2.05) is 43.3 Å². The van der Waals surface area contributed by atoms with Gasteiger partial charge in [-0.25, -0.2) is 4.98 Å². The third-order valence-electron chi connectivity index (χ3n) is 4.94. The molecule has 0 bridgehead atoms. The second-order valence-corrected chi connectivity index (χ2v) is 7.63. The summed E-state index contributed by atoms with van der Waals surface area (Å²) in [6, 6.07) is 13.1. The molecule has 0 unspecified atom stereocenters. The highest BCUT2D eigenvalue weighted by Gasteiger charge is 2.08. The van der Waals surface area contributed by atoms with Crippen LogP contribution in [0.2, 0.25) is 5.02 Å². The van der Waals surface area contributed by atoms with Crippen LogP contribution in [0, 0.1) is 0 Å². The number of anilines is 1. The molecule has 6 nitrogen and oxygen atoms in total. The van der Waals surface area contributed by atoms with E-state index in [0.29, 0.717) is 34.5 Å². The molecular weight excluding hydrogens is 438 g/mol. The number of rotatable bonds is 9. The Morgan fingerprint density at radius 2 is 1.88 bits per heavy atom. The number of benzene rings is 2. The molecule has 7 heteroatoms. The quantitative estimate of drug-likeness (QED) is 0.317. The lowest BCUT2D eigenvalue weighted by Crippen LogP contribution is -2.23. The largest absolute Gasteiger partial charge is 0.493 e. The highest BCUT2D eigenvalue weighted by molar-refractivity contribution is 6.31. The maximum absolute atomic E-state index is 12.6. The van der Waals surface area contributed by atoms with E-state index < -0.39 is 0 Å². The summed E-state index contributed by atoms with van der Waals surface area (Å²) in [6.07, 6.45) is 6.76. The van der Waals surface area contributed by atoms with Crippen molar-refractivity contribution in [1.82, 2.24) is 10.3 Å². The first kappa shape index (κ1) is 23.9. The number of carbonyl (C=O) groups is 1. The van der Waals surface area contributed by atoms with Crippen molar-refractivity contribution in [3.05, 3.63) is 95.3 Å². The summed E-state index contributed by atoms with van der Waals surface area (Å²) in [6.45, 7) is 5.99. The van der Waals surface area contributed by atoms with Gasteiger partial charge in [0.1, 0.15) is 5.82 Å². The highest BCUT2D eigenvalue weighted by Crippen LogP contribution is 2.27. The van der Waals surface area contributed by atoms with Crippen molar-refractivity contribution in [3.63, 3.8) is 0 Å². The molecule has 0 atom stereocenters. The van der Waals surface area contributed by atoms with Crippen LogP contribution in [0.1, 0.15) is 12.5 Å². The molecule has 3 aromatic rings. The molecule has 0 fully saturated rings. The zero-order valence-corrected chi connectivity index (χ0v) is 19.6. The molecule has 0 aliphatic carbocycles. The standard InChI is InChI=1S/C26H26ClN3O3/c1-5-19(26(31)29-16-18-7-11-23(32-3)24(14-18)33-4)8-6-17(2)30-25-22-15-21(27)10-9-20(22)12-13-28-25/h5-15H,1,16H2,2-4H3,(H,28,30)(H,29,31)/b17-6+,19-8+. The van der Waals surface area contributed by atoms with Crippen molar-refractivity contribution in [3.8, 4) is 11.5 Å². The fourth-order valence-electron chi connectivity index (χ4n) is 3.19. The zero-order valence-electron chi connectivity index (χ0n) is 18.8. The fourth-order valence-corrected chi connectivity index (χ4v) is 3.37. The fraction of sp³-hybridized carbons (Fsp3) is 0.154. The molecule has 0 spiro atoms. The van der Waals surface area contributed by atoms with Gasteiger partial charge in [-0.2, -0.15) is 0 Å². The summed E-state index contributed by atoms with van der Waals surface area (Å²) in [7, 11) is 3.15. The third kappa shape index (κ3) is 6.14. The zero-order chi connectivity index (χ0) is 23.8. The van der Waals surface area contributed by atoms with Crippen LogP contribution in [-0.2, 0) is 11.3 Å². The van der Waals surface area contributed by atoms with E-state index in [9.17, 15) is 4.79 Å². The second-order valence-electron chi connectivity index (χ2n) is 7.20. The van der Waals surface area contributed by atoms with Crippen molar-refractivity contribution in [2.45, 2.75) is 13.5 Å². The summed E-state index contributed by atoms with van der Waals surface area (Å²) in [4.78, 5) is 17.0. The van der Waals surface area contributed by atoms with Crippen LogP contribution >= 0.6 is 11.6 Å². The third-order valence-corrected chi connectivity index (χ3v) is 5.17. The lowest BCUT2D eigenvalue weighted by molar-refractivity contribution is -0.117.